The molecule has 0 radical (unpaired) electrons. The van der Waals surface area contributed by atoms with E-state index < -0.39 is 5.60 Å². The minimum atomic E-state index is -0.696. The molecule has 7 aliphatic rings. The van der Waals surface area contributed by atoms with Crippen LogP contribution in [0.25, 0.3) is 0 Å². The molecule has 2 spiro atoms. The largest absolute Gasteiger partial charge is 0.392 e. The number of nitrogens with zero attached hydrogens (tertiary/aromatic N) is 1. The average molecular weight is 352 g/mol. The number of fused-ring (bicyclic) bond motifs is 1. The van der Waals surface area contributed by atoms with Gasteiger partial charge in [-0.3, -0.25) is 0 Å². The zero-order valence-electron chi connectivity index (χ0n) is 14.8. The number of halogens is 1. The molecule has 2 N–H and O–H groups in total. The first-order chi connectivity index (χ1) is 11.3. The molecule has 7 fully saturated rings. The summed E-state index contributed by atoms with van der Waals surface area (Å²) < 4.78 is 2.14. The summed E-state index contributed by atoms with van der Waals surface area (Å²) in [6.07, 6.45) is 7.96. The summed E-state index contributed by atoms with van der Waals surface area (Å²) in [4.78, 5) is 0. The first-order valence-corrected chi connectivity index (χ1v) is 10.4. The van der Waals surface area contributed by atoms with Gasteiger partial charge in [0.1, 0.15) is 0 Å². The molecule has 1 heterocycles. The van der Waals surface area contributed by atoms with Gasteiger partial charge in [-0.15, -0.1) is 0 Å². The Bertz CT molecular complexity index is 625. The van der Waals surface area contributed by atoms with Crippen molar-refractivity contribution in [2.45, 2.75) is 76.5 Å². The van der Waals surface area contributed by atoms with Gasteiger partial charge in [-0.05, 0) is 85.3 Å². The van der Waals surface area contributed by atoms with E-state index in [1.165, 1.54) is 32.1 Å². The molecule has 6 saturated carbocycles. The van der Waals surface area contributed by atoms with E-state index >= 15 is 0 Å². The average Bonchev–Trinajstić information content (AvgIpc) is 2.57. The summed E-state index contributed by atoms with van der Waals surface area (Å²) in [5, 5.41) is 22.4. The minimum absolute atomic E-state index is 0.0475. The van der Waals surface area contributed by atoms with Crippen LogP contribution in [0.2, 0.25) is 0 Å². The number of rotatable bonds is 0. The van der Waals surface area contributed by atoms with Gasteiger partial charge >= 0.3 is 0 Å². The lowest BCUT2D eigenvalue weighted by Gasteiger charge is -2.68. The summed E-state index contributed by atoms with van der Waals surface area (Å²) in [5.41, 5.74) is 0.0948. The van der Waals surface area contributed by atoms with E-state index in [9.17, 15) is 10.2 Å². The predicted molar refractivity (Wildman–Crippen MR) is 92.2 cm³/mol. The zero-order valence-corrected chi connectivity index (χ0v) is 15.6. The minimum Gasteiger partial charge on any atom is -0.392 e. The van der Waals surface area contributed by atoms with E-state index in [4.69, 9.17) is 11.8 Å². The van der Waals surface area contributed by atoms with Crippen molar-refractivity contribution in [1.29, 1.82) is 0 Å². The van der Waals surface area contributed by atoms with Gasteiger partial charge in [0.05, 0.1) is 11.7 Å². The fourth-order valence-corrected chi connectivity index (χ4v) is 10.6. The van der Waals surface area contributed by atoms with Crippen LogP contribution in [0.15, 0.2) is 0 Å². The predicted octanol–water partition coefficient (Wildman–Crippen LogP) is 3.18. The molecule has 1 aliphatic heterocycles. The van der Waals surface area contributed by atoms with Crippen molar-refractivity contribution >= 4 is 11.8 Å². The Hall–Kier alpha value is 0.170. The van der Waals surface area contributed by atoms with Gasteiger partial charge in [0.2, 0.25) is 0 Å². The smallest absolute Gasteiger partial charge is 0.0678 e. The summed E-state index contributed by atoms with van der Waals surface area (Å²) in [7, 11) is 0. The molecule has 134 valence electrons. The van der Waals surface area contributed by atoms with Crippen molar-refractivity contribution in [3.8, 4) is 0 Å². The van der Waals surface area contributed by atoms with Crippen LogP contribution in [0.4, 0.5) is 0 Å². The molecule has 0 aromatic heterocycles. The molecule has 24 heavy (non-hydrogen) atoms. The SMILES string of the molecule is C[C@@]12CCC[C@]34[C@@H]1CC[C@]15C[C@@](C)(O)[C@H](C[C@H]13)[C@@H](O)[C@@H]5[C@H]4N(Cl)C2. The van der Waals surface area contributed by atoms with Crippen molar-refractivity contribution in [3.63, 3.8) is 0 Å². The maximum atomic E-state index is 11.3. The first-order valence-electron chi connectivity index (χ1n) is 10.1. The van der Waals surface area contributed by atoms with Crippen molar-refractivity contribution in [2.24, 2.45) is 39.9 Å². The molecule has 0 aromatic rings. The Labute approximate surface area is 149 Å². The number of hydrogen-bond donors (Lipinski definition) is 2. The highest BCUT2D eigenvalue weighted by Crippen LogP contribution is 2.83. The second-order valence-electron chi connectivity index (χ2n) is 10.9. The molecule has 3 nitrogen and oxygen atoms in total. The topological polar surface area (TPSA) is 43.7 Å². The number of hydrogen-bond acceptors (Lipinski definition) is 3. The molecule has 10 atom stereocenters. The molecule has 4 heteroatoms. The lowest BCUT2D eigenvalue weighted by Crippen LogP contribution is -2.66. The van der Waals surface area contributed by atoms with Crippen LogP contribution in [0.1, 0.15) is 58.8 Å². The van der Waals surface area contributed by atoms with Crippen molar-refractivity contribution in [1.82, 2.24) is 4.42 Å². The fraction of sp³-hybridized carbons (Fsp3) is 1.00. The Morgan fingerprint density at radius 1 is 1.12 bits per heavy atom. The van der Waals surface area contributed by atoms with Gasteiger partial charge in [-0.2, -0.15) is 0 Å². The quantitative estimate of drug-likeness (QED) is 0.659. The van der Waals surface area contributed by atoms with Crippen LogP contribution in [-0.4, -0.2) is 38.9 Å². The number of aliphatic hydroxyl groups is 2. The number of aliphatic hydroxyl groups excluding tert-OH is 1. The van der Waals surface area contributed by atoms with Gasteiger partial charge in [0, 0.05) is 24.4 Å². The Kier molecular flexibility index (Phi) is 2.56. The maximum Gasteiger partial charge on any atom is 0.0678 e. The van der Waals surface area contributed by atoms with E-state index in [0.29, 0.717) is 22.8 Å². The van der Waals surface area contributed by atoms with E-state index in [1.54, 1.807) is 0 Å². The van der Waals surface area contributed by atoms with Gasteiger partial charge < -0.3 is 10.2 Å². The van der Waals surface area contributed by atoms with Gasteiger partial charge in [0.15, 0.2) is 0 Å². The van der Waals surface area contributed by atoms with Crippen LogP contribution >= 0.6 is 11.8 Å². The third-order valence-electron chi connectivity index (χ3n) is 10.2. The van der Waals surface area contributed by atoms with E-state index in [2.05, 4.69) is 11.3 Å². The molecular weight excluding hydrogens is 322 g/mol. The van der Waals surface area contributed by atoms with Crippen molar-refractivity contribution < 1.29 is 10.2 Å². The molecule has 0 unspecified atom stereocenters. The Balaban J connectivity index is 1.61. The third-order valence-corrected chi connectivity index (χ3v) is 10.5. The van der Waals surface area contributed by atoms with Crippen LogP contribution in [0, 0.1) is 39.9 Å². The molecule has 6 bridgehead atoms. The van der Waals surface area contributed by atoms with E-state index in [1.807, 2.05) is 6.92 Å². The van der Waals surface area contributed by atoms with Crippen LogP contribution in [-0.2, 0) is 0 Å². The van der Waals surface area contributed by atoms with E-state index in [-0.39, 0.29) is 23.4 Å². The van der Waals surface area contributed by atoms with E-state index in [0.717, 1.165) is 25.3 Å². The molecule has 0 amide bonds. The highest BCUT2D eigenvalue weighted by Gasteiger charge is 2.83. The maximum absolute atomic E-state index is 11.3. The molecule has 6 aliphatic carbocycles. The molecular formula is C20H30ClNO2. The second kappa shape index (κ2) is 4.03. The van der Waals surface area contributed by atoms with Crippen LogP contribution in [0.5, 0.6) is 0 Å². The normalized spacial score (nSPS) is 69.9. The van der Waals surface area contributed by atoms with Crippen molar-refractivity contribution in [2.75, 3.05) is 6.54 Å². The zero-order chi connectivity index (χ0) is 16.7. The molecule has 7 rings (SSSR count). The lowest BCUT2D eigenvalue weighted by atomic mass is 9.39. The lowest BCUT2D eigenvalue weighted by molar-refractivity contribution is -0.240. The second-order valence-corrected chi connectivity index (χ2v) is 11.3. The third kappa shape index (κ3) is 1.31. The van der Waals surface area contributed by atoms with Crippen LogP contribution in [0.3, 0.4) is 0 Å². The van der Waals surface area contributed by atoms with Crippen LogP contribution < -0.4 is 0 Å². The van der Waals surface area contributed by atoms with Gasteiger partial charge in [-0.1, -0.05) is 13.3 Å². The highest BCUT2D eigenvalue weighted by molar-refractivity contribution is 6.13. The van der Waals surface area contributed by atoms with Gasteiger partial charge in [-0.25, -0.2) is 4.42 Å². The molecule has 1 saturated heterocycles. The van der Waals surface area contributed by atoms with Crippen molar-refractivity contribution in [3.05, 3.63) is 0 Å². The Morgan fingerprint density at radius 3 is 2.71 bits per heavy atom. The number of piperidine rings is 1. The van der Waals surface area contributed by atoms with Gasteiger partial charge in [0.25, 0.3) is 0 Å². The standard InChI is InChI=1S/C20H30ClNO2/c1-17-5-3-6-20-12(17)4-7-19-9-18(2,24)11(8-13(19)20)15(23)14(19)16(20)22(21)10-17/h11-16,23-24H,3-10H2,1-2H3/t11-,12-,13-,14-,15-,16-,17+,18-,19+,20+/m1/s1. The Morgan fingerprint density at radius 2 is 1.92 bits per heavy atom. The summed E-state index contributed by atoms with van der Waals surface area (Å²) in [6.45, 7) is 5.45. The summed E-state index contributed by atoms with van der Waals surface area (Å²) in [5.74, 6) is 1.78. The summed E-state index contributed by atoms with van der Waals surface area (Å²) >= 11 is 6.96. The first kappa shape index (κ1) is 15.2. The fourth-order valence-electron chi connectivity index (χ4n) is 10.0. The molecule has 0 aromatic carbocycles. The highest BCUT2D eigenvalue weighted by atomic mass is 35.5. The monoisotopic (exact) mass is 351 g/mol. The summed E-state index contributed by atoms with van der Waals surface area (Å²) in [6, 6.07) is 0.334.